The van der Waals surface area contributed by atoms with Gasteiger partial charge >= 0.3 is 5.97 Å². The Morgan fingerprint density at radius 3 is 2.88 bits per heavy atom. The Kier molecular flexibility index (Phi) is 4.91. The van der Waals surface area contributed by atoms with E-state index in [2.05, 4.69) is 15.9 Å². The fourth-order valence-corrected chi connectivity index (χ4v) is 1.44. The van der Waals surface area contributed by atoms with Crippen LogP contribution in [0, 0.1) is 10.1 Å². The van der Waals surface area contributed by atoms with Crippen molar-refractivity contribution in [2.75, 3.05) is 6.54 Å². The van der Waals surface area contributed by atoms with Crippen molar-refractivity contribution in [3.8, 4) is 5.75 Å². The average molecular weight is 288 g/mol. The fourth-order valence-electron chi connectivity index (χ4n) is 1.07. The minimum absolute atomic E-state index is 0.0491. The van der Waals surface area contributed by atoms with Crippen LogP contribution >= 0.6 is 15.9 Å². The van der Waals surface area contributed by atoms with Crippen molar-refractivity contribution in [3.05, 3.63) is 38.9 Å². The standard InChI is InChI=1S/C10H10BrNO4/c11-8-3-1-4-9(7-8)16-10(13)5-2-6-12(14)15/h1,3-4,7H,2,5-6H2. The molecule has 86 valence electrons. The predicted octanol–water partition coefficient (Wildman–Crippen LogP) is 2.41. The van der Waals surface area contributed by atoms with Gasteiger partial charge in [-0.05, 0) is 18.2 Å². The van der Waals surface area contributed by atoms with Gasteiger partial charge in [0.05, 0.1) is 6.42 Å². The maximum atomic E-state index is 11.2. The summed E-state index contributed by atoms with van der Waals surface area (Å²) in [6.07, 6.45) is 0.243. The van der Waals surface area contributed by atoms with E-state index < -0.39 is 10.9 Å². The molecule has 0 aromatic heterocycles. The normalized spacial score (nSPS) is 9.81. The Morgan fingerprint density at radius 2 is 2.25 bits per heavy atom. The molecule has 0 aliphatic rings. The van der Waals surface area contributed by atoms with Gasteiger partial charge in [-0.25, -0.2) is 0 Å². The summed E-state index contributed by atoms with van der Waals surface area (Å²) in [5.41, 5.74) is 0. The average Bonchev–Trinajstić information content (AvgIpc) is 2.16. The van der Waals surface area contributed by atoms with Crippen LogP contribution in [0.2, 0.25) is 0 Å². The molecule has 0 atom stereocenters. The summed E-state index contributed by atoms with van der Waals surface area (Å²) in [4.78, 5) is 20.8. The molecule has 1 aromatic rings. The number of nitrogens with zero attached hydrogens (tertiary/aromatic N) is 1. The molecule has 0 saturated heterocycles. The van der Waals surface area contributed by atoms with Crippen LogP contribution in [0.15, 0.2) is 28.7 Å². The molecular formula is C10H10BrNO4. The molecule has 0 N–H and O–H groups in total. The van der Waals surface area contributed by atoms with Gasteiger partial charge in [0.15, 0.2) is 0 Å². The van der Waals surface area contributed by atoms with E-state index in [4.69, 9.17) is 4.74 Å². The summed E-state index contributed by atoms with van der Waals surface area (Å²) in [5.74, 6) is -0.0274. The molecule has 0 bridgehead atoms. The molecular weight excluding hydrogens is 278 g/mol. The largest absolute Gasteiger partial charge is 0.426 e. The van der Waals surface area contributed by atoms with Crippen molar-refractivity contribution in [3.63, 3.8) is 0 Å². The summed E-state index contributed by atoms with van der Waals surface area (Å²) in [6.45, 7) is -0.215. The molecule has 0 radical (unpaired) electrons. The van der Waals surface area contributed by atoms with Gasteiger partial charge in [0, 0.05) is 15.8 Å². The molecule has 16 heavy (non-hydrogen) atoms. The van der Waals surface area contributed by atoms with E-state index in [-0.39, 0.29) is 19.4 Å². The van der Waals surface area contributed by atoms with E-state index in [1.807, 2.05) is 6.07 Å². The minimum atomic E-state index is -0.458. The van der Waals surface area contributed by atoms with Gasteiger partial charge in [0.1, 0.15) is 5.75 Å². The van der Waals surface area contributed by atoms with Gasteiger partial charge in [-0.1, -0.05) is 22.0 Å². The van der Waals surface area contributed by atoms with Crippen molar-refractivity contribution in [2.24, 2.45) is 0 Å². The van der Waals surface area contributed by atoms with Crippen LogP contribution in [-0.2, 0) is 4.79 Å². The lowest BCUT2D eigenvalue weighted by Gasteiger charge is -2.03. The second-order valence-corrected chi connectivity index (χ2v) is 4.01. The van der Waals surface area contributed by atoms with Gasteiger partial charge in [0.2, 0.25) is 6.54 Å². The minimum Gasteiger partial charge on any atom is -0.426 e. The molecule has 1 aromatic carbocycles. The highest BCUT2D eigenvalue weighted by Gasteiger charge is 2.07. The molecule has 0 aliphatic carbocycles. The number of carbonyl (C=O) groups is 1. The molecule has 0 fully saturated rings. The SMILES string of the molecule is O=C(CCC[N+](=O)[O-])Oc1cccc(Br)c1. The topological polar surface area (TPSA) is 69.4 Å². The van der Waals surface area contributed by atoms with Crippen LogP contribution in [0.25, 0.3) is 0 Å². The quantitative estimate of drug-likeness (QED) is 0.361. The highest BCUT2D eigenvalue weighted by atomic mass is 79.9. The molecule has 6 heteroatoms. The van der Waals surface area contributed by atoms with Crippen molar-refractivity contribution in [1.82, 2.24) is 0 Å². The number of carbonyl (C=O) groups excluding carboxylic acids is 1. The molecule has 5 nitrogen and oxygen atoms in total. The fraction of sp³-hybridized carbons (Fsp3) is 0.300. The van der Waals surface area contributed by atoms with Crippen molar-refractivity contribution in [1.29, 1.82) is 0 Å². The first-order valence-electron chi connectivity index (χ1n) is 4.66. The first-order chi connectivity index (χ1) is 7.58. The van der Waals surface area contributed by atoms with E-state index >= 15 is 0 Å². The second kappa shape index (κ2) is 6.22. The Morgan fingerprint density at radius 1 is 1.50 bits per heavy atom. The monoisotopic (exact) mass is 287 g/mol. The number of rotatable bonds is 5. The number of hydrogen-bond donors (Lipinski definition) is 0. The van der Waals surface area contributed by atoms with E-state index in [0.29, 0.717) is 5.75 Å². The summed E-state index contributed by atoms with van der Waals surface area (Å²) < 4.78 is 5.79. The predicted molar refractivity (Wildman–Crippen MR) is 60.9 cm³/mol. The van der Waals surface area contributed by atoms with Gasteiger partial charge in [-0.15, -0.1) is 0 Å². The van der Waals surface area contributed by atoms with Crippen LogP contribution in [0.4, 0.5) is 0 Å². The first-order valence-corrected chi connectivity index (χ1v) is 5.45. The second-order valence-electron chi connectivity index (χ2n) is 3.09. The van der Waals surface area contributed by atoms with Crippen LogP contribution in [0.1, 0.15) is 12.8 Å². The summed E-state index contributed by atoms with van der Waals surface area (Å²) in [5, 5.41) is 10.0. The maximum absolute atomic E-state index is 11.2. The van der Waals surface area contributed by atoms with Crippen LogP contribution in [-0.4, -0.2) is 17.4 Å². The molecule has 1 rings (SSSR count). The zero-order chi connectivity index (χ0) is 12.0. The maximum Gasteiger partial charge on any atom is 0.311 e. The lowest BCUT2D eigenvalue weighted by Crippen LogP contribution is -2.10. The Labute approximate surface area is 101 Å². The third kappa shape index (κ3) is 4.88. The van der Waals surface area contributed by atoms with E-state index in [0.717, 1.165) is 4.47 Å². The molecule has 0 aliphatic heterocycles. The summed E-state index contributed by atoms with van der Waals surface area (Å²) >= 11 is 3.24. The van der Waals surface area contributed by atoms with Gasteiger partial charge in [-0.3, -0.25) is 14.9 Å². The van der Waals surface area contributed by atoms with Crippen molar-refractivity contribution >= 4 is 21.9 Å². The first kappa shape index (κ1) is 12.6. The van der Waals surface area contributed by atoms with Crippen molar-refractivity contribution in [2.45, 2.75) is 12.8 Å². The summed E-state index contributed by atoms with van der Waals surface area (Å²) in [7, 11) is 0. The highest BCUT2D eigenvalue weighted by Crippen LogP contribution is 2.18. The van der Waals surface area contributed by atoms with Gasteiger partial charge in [0.25, 0.3) is 0 Å². The number of halogens is 1. The zero-order valence-corrected chi connectivity index (χ0v) is 9.97. The third-order valence-corrected chi connectivity index (χ3v) is 2.24. The van der Waals surface area contributed by atoms with E-state index in [9.17, 15) is 14.9 Å². The molecule has 0 amide bonds. The molecule has 0 unspecified atom stereocenters. The smallest absolute Gasteiger partial charge is 0.311 e. The zero-order valence-electron chi connectivity index (χ0n) is 8.39. The number of nitro groups is 1. The van der Waals surface area contributed by atoms with E-state index in [1.54, 1.807) is 18.2 Å². The number of benzene rings is 1. The van der Waals surface area contributed by atoms with Crippen LogP contribution < -0.4 is 4.74 Å². The Bertz CT molecular complexity index is 394. The van der Waals surface area contributed by atoms with Crippen LogP contribution in [0.5, 0.6) is 5.75 Å². The molecule has 0 heterocycles. The van der Waals surface area contributed by atoms with E-state index in [1.165, 1.54) is 0 Å². The number of esters is 1. The van der Waals surface area contributed by atoms with Crippen LogP contribution in [0.3, 0.4) is 0 Å². The molecule has 0 saturated carbocycles. The van der Waals surface area contributed by atoms with Gasteiger partial charge < -0.3 is 4.74 Å². The van der Waals surface area contributed by atoms with Crippen molar-refractivity contribution < 1.29 is 14.5 Å². The lowest BCUT2D eigenvalue weighted by molar-refractivity contribution is -0.480. The Balaban J connectivity index is 2.37. The number of ether oxygens (including phenoxy) is 1. The number of hydrogen-bond acceptors (Lipinski definition) is 4. The lowest BCUT2D eigenvalue weighted by atomic mass is 10.3. The highest BCUT2D eigenvalue weighted by molar-refractivity contribution is 9.10. The Hall–Kier alpha value is -1.43. The molecule has 0 spiro atoms. The summed E-state index contributed by atoms with van der Waals surface area (Å²) in [6, 6.07) is 6.86. The third-order valence-electron chi connectivity index (χ3n) is 1.75. The van der Waals surface area contributed by atoms with Gasteiger partial charge in [-0.2, -0.15) is 0 Å².